The van der Waals surface area contributed by atoms with Crippen LogP contribution in [0.1, 0.15) is 17.5 Å². The summed E-state index contributed by atoms with van der Waals surface area (Å²) in [6.07, 6.45) is 1.11. The van der Waals surface area contributed by atoms with Crippen molar-refractivity contribution in [1.82, 2.24) is 4.90 Å². The second kappa shape index (κ2) is 9.17. The molecular formula is C19H26Cl2N2. The molecule has 4 heteroatoms. The van der Waals surface area contributed by atoms with Gasteiger partial charge in [-0.3, -0.25) is 0 Å². The van der Waals surface area contributed by atoms with Crippen molar-refractivity contribution >= 4 is 35.4 Å². The van der Waals surface area contributed by atoms with Crippen LogP contribution in [-0.4, -0.2) is 32.1 Å². The Hall–Kier alpha value is -1.22. The van der Waals surface area contributed by atoms with Gasteiger partial charge in [-0.15, -0.1) is 12.4 Å². The van der Waals surface area contributed by atoms with Crippen LogP contribution in [0.15, 0.2) is 42.5 Å². The monoisotopic (exact) mass is 352 g/mol. The van der Waals surface area contributed by atoms with Crippen LogP contribution in [0.2, 0.25) is 5.02 Å². The maximum Gasteiger partial charge on any atom is 0.0441 e. The van der Waals surface area contributed by atoms with Crippen LogP contribution < -0.4 is 4.90 Å². The molecule has 0 saturated heterocycles. The summed E-state index contributed by atoms with van der Waals surface area (Å²) in [5.41, 5.74) is 5.01. The zero-order chi connectivity index (χ0) is 16.1. The minimum atomic E-state index is 0. The highest BCUT2D eigenvalue weighted by atomic mass is 35.5. The summed E-state index contributed by atoms with van der Waals surface area (Å²) in [5, 5.41) is 0.791. The summed E-state index contributed by atoms with van der Waals surface area (Å²) in [6, 6.07) is 14.7. The Morgan fingerprint density at radius 1 is 0.870 bits per heavy atom. The summed E-state index contributed by atoms with van der Waals surface area (Å²) in [4.78, 5) is 4.63. The van der Waals surface area contributed by atoms with Gasteiger partial charge in [-0.25, -0.2) is 0 Å². The molecule has 2 aromatic rings. The second-order valence-electron chi connectivity index (χ2n) is 6.03. The molecule has 2 rings (SSSR count). The van der Waals surface area contributed by atoms with E-state index in [-0.39, 0.29) is 12.4 Å². The summed E-state index contributed by atoms with van der Waals surface area (Å²) in [7, 11) is 4.23. The lowest BCUT2D eigenvalue weighted by atomic mass is 10.1. The Kier molecular flexibility index (Phi) is 7.90. The normalized spacial score (nSPS) is 10.5. The van der Waals surface area contributed by atoms with Crippen molar-refractivity contribution in [1.29, 1.82) is 0 Å². The molecule has 0 aromatic heterocycles. The van der Waals surface area contributed by atoms with E-state index in [1.807, 2.05) is 12.1 Å². The maximum absolute atomic E-state index is 6.12. The number of hydrogen-bond acceptors (Lipinski definition) is 2. The Bertz CT molecular complexity index is 627. The van der Waals surface area contributed by atoms with E-state index in [9.17, 15) is 0 Å². The Balaban J connectivity index is 0.00000264. The highest BCUT2D eigenvalue weighted by Gasteiger charge is 2.13. The van der Waals surface area contributed by atoms with E-state index in [0.717, 1.165) is 24.5 Å². The van der Waals surface area contributed by atoms with Gasteiger partial charge >= 0.3 is 0 Å². The minimum absolute atomic E-state index is 0. The molecule has 0 bridgehead atoms. The molecule has 0 N–H and O–H groups in total. The molecule has 0 unspecified atom stereocenters. The third-order valence-electron chi connectivity index (χ3n) is 3.84. The smallest absolute Gasteiger partial charge is 0.0441 e. The zero-order valence-corrected chi connectivity index (χ0v) is 15.9. The predicted octanol–water partition coefficient (Wildman–Crippen LogP) is 5.47. The molecule has 0 spiro atoms. The highest BCUT2D eigenvalue weighted by Crippen LogP contribution is 2.32. The lowest BCUT2D eigenvalue weighted by Crippen LogP contribution is -2.24. The number of rotatable bonds is 6. The van der Waals surface area contributed by atoms with Crippen LogP contribution in [0.4, 0.5) is 11.4 Å². The standard InChI is InChI=1S/C19H25ClN2.ClH/c1-15-8-5-6-9-18(15)22(13-7-12-21(3)4)19-11-10-17(20)14-16(19)2;/h5-6,8-11,14H,7,12-13H2,1-4H3;1H. The van der Waals surface area contributed by atoms with Gasteiger partial charge in [0.1, 0.15) is 0 Å². The van der Waals surface area contributed by atoms with Crippen molar-refractivity contribution in [2.75, 3.05) is 32.1 Å². The summed E-state index contributed by atoms with van der Waals surface area (Å²) in [6.45, 7) is 6.36. The third-order valence-corrected chi connectivity index (χ3v) is 4.08. The predicted molar refractivity (Wildman–Crippen MR) is 105 cm³/mol. The molecule has 2 nitrogen and oxygen atoms in total. The number of hydrogen-bond donors (Lipinski definition) is 0. The summed E-state index contributed by atoms with van der Waals surface area (Å²) in [5.74, 6) is 0. The van der Waals surface area contributed by atoms with E-state index < -0.39 is 0 Å². The topological polar surface area (TPSA) is 6.48 Å². The van der Waals surface area contributed by atoms with Gasteiger partial charge in [0, 0.05) is 22.9 Å². The lowest BCUT2D eigenvalue weighted by molar-refractivity contribution is 0.402. The summed E-state index contributed by atoms with van der Waals surface area (Å²) < 4.78 is 0. The zero-order valence-electron chi connectivity index (χ0n) is 14.3. The van der Waals surface area contributed by atoms with E-state index in [1.165, 1.54) is 22.5 Å². The first-order valence-electron chi connectivity index (χ1n) is 7.73. The second-order valence-corrected chi connectivity index (χ2v) is 6.46. The Morgan fingerprint density at radius 3 is 2.13 bits per heavy atom. The Labute approximate surface area is 151 Å². The number of benzene rings is 2. The molecule has 0 heterocycles. The molecule has 0 fully saturated rings. The molecule has 23 heavy (non-hydrogen) atoms. The number of halogens is 2. The molecular weight excluding hydrogens is 327 g/mol. The maximum atomic E-state index is 6.12. The summed E-state index contributed by atoms with van der Waals surface area (Å²) >= 11 is 6.12. The van der Waals surface area contributed by atoms with Crippen LogP contribution in [0, 0.1) is 13.8 Å². The first-order chi connectivity index (χ1) is 10.5. The average molecular weight is 353 g/mol. The first-order valence-corrected chi connectivity index (χ1v) is 8.11. The fourth-order valence-electron chi connectivity index (χ4n) is 2.70. The first kappa shape index (κ1) is 19.8. The molecule has 0 amide bonds. The fraction of sp³-hybridized carbons (Fsp3) is 0.368. The van der Waals surface area contributed by atoms with Crippen LogP contribution in [0.25, 0.3) is 0 Å². The van der Waals surface area contributed by atoms with Crippen LogP contribution in [-0.2, 0) is 0 Å². The molecule has 0 radical (unpaired) electrons. The van der Waals surface area contributed by atoms with Crippen molar-refractivity contribution in [2.24, 2.45) is 0 Å². The lowest BCUT2D eigenvalue weighted by Gasteiger charge is -2.29. The van der Waals surface area contributed by atoms with Crippen molar-refractivity contribution in [3.8, 4) is 0 Å². The van der Waals surface area contributed by atoms with Crippen LogP contribution in [0.3, 0.4) is 0 Å². The molecule has 0 aliphatic carbocycles. The van der Waals surface area contributed by atoms with E-state index in [2.05, 4.69) is 68.1 Å². The van der Waals surface area contributed by atoms with Crippen LogP contribution in [0.5, 0.6) is 0 Å². The fourth-order valence-corrected chi connectivity index (χ4v) is 2.93. The highest BCUT2D eigenvalue weighted by molar-refractivity contribution is 6.30. The van der Waals surface area contributed by atoms with E-state index in [0.29, 0.717) is 0 Å². The van der Waals surface area contributed by atoms with Gasteiger partial charge in [0.15, 0.2) is 0 Å². The number of anilines is 2. The SMILES string of the molecule is Cc1ccccc1N(CCCN(C)C)c1ccc(Cl)cc1C.Cl. The van der Waals surface area contributed by atoms with E-state index in [4.69, 9.17) is 11.6 Å². The van der Waals surface area contributed by atoms with Crippen molar-refractivity contribution < 1.29 is 0 Å². The van der Waals surface area contributed by atoms with Gasteiger partial charge in [-0.2, -0.15) is 0 Å². The number of nitrogens with zero attached hydrogens (tertiary/aromatic N) is 2. The van der Waals surface area contributed by atoms with Gasteiger partial charge in [0.25, 0.3) is 0 Å². The van der Waals surface area contributed by atoms with Gasteiger partial charge < -0.3 is 9.80 Å². The molecule has 2 aromatic carbocycles. The quantitative estimate of drug-likeness (QED) is 0.680. The average Bonchev–Trinajstić information content (AvgIpc) is 2.45. The van der Waals surface area contributed by atoms with Gasteiger partial charge in [0.05, 0.1) is 0 Å². The van der Waals surface area contributed by atoms with Gasteiger partial charge in [-0.05, 0) is 76.3 Å². The molecule has 0 saturated carbocycles. The van der Waals surface area contributed by atoms with Gasteiger partial charge in [-0.1, -0.05) is 29.8 Å². The van der Waals surface area contributed by atoms with Gasteiger partial charge in [0.2, 0.25) is 0 Å². The molecule has 0 aliphatic rings. The van der Waals surface area contributed by atoms with E-state index in [1.54, 1.807) is 0 Å². The Morgan fingerprint density at radius 2 is 1.52 bits per heavy atom. The molecule has 0 aliphatic heterocycles. The number of aryl methyl sites for hydroxylation is 2. The van der Waals surface area contributed by atoms with Crippen molar-refractivity contribution in [3.05, 3.63) is 58.6 Å². The number of para-hydroxylation sites is 1. The molecule has 126 valence electrons. The van der Waals surface area contributed by atoms with Crippen molar-refractivity contribution in [2.45, 2.75) is 20.3 Å². The third kappa shape index (κ3) is 5.42. The largest absolute Gasteiger partial charge is 0.341 e. The minimum Gasteiger partial charge on any atom is -0.341 e. The van der Waals surface area contributed by atoms with Crippen molar-refractivity contribution in [3.63, 3.8) is 0 Å². The van der Waals surface area contributed by atoms with Crippen LogP contribution >= 0.6 is 24.0 Å². The van der Waals surface area contributed by atoms with E-state index >= 15 is 0 Å². The molecule has 0 atom stereocenters.